The first-order valence-corrected chi connectivity index (χ1v) is 14.2. The van der Waals surface area contributed by atoms with Gasteiger partial charge in [-0.1, -0.05) is 58.0 Å². The predicted molar refractivity (Wildman–Crippen MR) is 154 cm³/mol. The molecule has 3 rings (SSSR count). The number of benzene rings is 1. The molecule has 0 aliphatic carbocycles. The summed E-state index contributed by atoms with van der Waals surface area (Å²) in [6.45, 7) is 7.91. The number of rotatable bonds is 10. The number of methoxy groups -OCH3 is 1. The Bertz CT molecular complexity index is 1330. The number of hydrogen-bond acceptors (Lipinski definition) is 12. The van der Waals surface area contributed by atoms with Crippen LogP contribution < -0.4 is 14.8 Å². The first-order valence-electron chi connectivity index (χ1n) is 14.2. The van der Waals surface area contributed by atoms with E-state index in [0.29, 0.717) is 0 Å². The second-order valence-corrected chi connectivity index (χ2v) is 10.9. The zero-order chi connectivity index (χ0) is 32.4. The Morgan fingerprint density at radius 2 is 1.75 bits per heavy atom. The zero-order valence-corrected chi connectivity index (χ0v) is 25.6. The Morgan fingerprint density at radius 1 is 1.05 bits per heavy atom. The maximum absolute atomic E-state index is 13.4. The topological polar surface area (TPSA) is 166 Å². The van der Waals surface area contributed by atoms with Crippen molar-refractivity contribution in [3.05, 3.63) is 53.9 Å². The number of carbonyl (C=O) groups excluding carboxylic acids is 5. The lowest BCUT2D eigenvalue weighted by Gasteiger charge is -2.29. The van der Waals surface area contributed by atoms with Crippen molar-refractivity contribution in [3.8, 4) is 11.5 Å². The summed E-state index contributed by atoms with van der Waals surface area (Å²) in [6.07, 6.45) is -1.97. The van der Waals surface area contributed by atoms with Gasteiger partial charge in [-0.3, -0.25) is 14.4 Å². The molecule has 4 atom stereocenters. The molecule has 1 aromatic heterocycles. The third kappa shape index (κ3) is 9.16. The lowest BCUT2D eigenvalue weighted by Crippen LogP contribution is -2.47. The number of cyclic esters (lactones) is 2. The molecule has 1 saturated heterocycles. The molecule has 13 heteroatoms. The van der Waals surface area contributed by atoms with E-state index in [-0.39, 0.29) is 30.4 Å². The minimum absolute atomic E-state index is 0.00213. The monoisotopic (exact) mass is 614 g/mol. The van der Waals surface area contributed by atoms with Gasteiger partial charge in [-0.25, -0.2) is 14.6 Å². The van der Waals surface area contributed by atoms with E-state index in [1.807, 2.05) is 19.9 Å². The second kappa shape index (κ2) is 15.7. The van der Waals surface area contributed by atoms with Crippen LogP contribution in [0.1, 0.15) is 50.7 Å². The van der Waals surface area contributed by atoms with Crippen molar-refractivity contribution in [1.29, 1.82) is 0 Å². The number of nitrogens with zero attached hydrogens (tertiary/aromatic N) is 1. The summed E-state index contributed by atoms with van der Waals surface area (Å²) < 4.78 is 32.3. The standard InChI is InChI=1S/C31H38N2O11/c1-17(2)15-41-31(38)44-26-23(39-6)12-13-32-24(26)27(34)33-22-16-40-29(36)21(14-20-10-8-7-9-11-20)25(19(5)42-30(22)37)43-28(35)18(3)4/h7-13,17-19,21-22,25H,14-16H2,1-6H3,(H,33,34)/t19-,21?,22+,25?/m0/s1. The Morgan fingerprint density at radius 3 is 2.39 bits per heavy atom. The minimum Gasteiger partial charge on any atom is -0.493 e. The molecule has 1 N–H and O–H groups in total. The van der Waals surface area contributed by atoms with Crippen LogP contribution in [-0.4, -0.2) is 73.5 Å². The average molecular weight is 615 g/mol. The van der Waals surface area contributed by atoms with Gasteiger partial charge in [0.25, 0.3) is 5.91 Å². The van der Waals surface area contributed by atoms with Crippen molar-refractivity contribution in [1.82, 2.24) is 10.3 Å². The first kappa shape index (κ1) is 33.8. The van der Waals surface area contributed by atoms with Gasteiger partial charge in [-0.15, -0.1) is 0 Å². The van der Waals surface area contributed by atoms with Crippen molar-refractivity contribution < 1.29 is 52.4 Å². The first-order chi connectivity index (χ1) is 20.9. The molecule has 1 aliphatic heterocycles. The van der Waals surface area contributed by atoms with Gasteiger partial charge < -0.3 is 33.7 Å². The van der Waals surface area contributed by atoms with E-state index < -0.39 is 72.4 Å². The van der Waals surface area contributed by atoms with Gasteiger partial charge in [0, 0.05) is 12.3 Å². The van der Waals surface area contributed by atoms with Crippen molar-refractivity contribution in [2.45, 2.75) is 59.3 Å². The fraction of sp³-hybridized carbons (Fsp3) is 0.484. The summed E-state index contributed by atoms with van der Waals surface area (Å²) in [4.78, 5) is 68.9. The van der Waals surface area contributed by atoms with Gasteiger partial charge in [0.15, 0.2) is 23.6 Å². The molecule has 1 aromatic carbocycles. The lowest BCUT2D eigenvalue weighted by molar-refractivity contribution is -0.176. The summed E-state index contributed by atoms with van der Waals surface area (Å²) in [6, 6.07) is 8.91. The van der Waals surface area contributed by atoms with E-state index >= 15 is 0 Å². The van der Waals surface area contributed by atoms with Crippen molar-refractivity contribution >= 4 is 30.0 Å². The zero-order valence-electron chi connectivity index (χ0n) is 25.6. The number of pyridine rings is 1. The molecule has 0 bridgehead atoms. The van der Waals surface area contributed by atoms with Crippen LogP contribution in [0.25, 0.3) is 0 Å². The second-order valence-electron chi connectivity index (χ2n) is 10.9. The molecule has 1 amide bonds. The molecular formula is C31H38N2O11. The molecular weight excluding hydrogens is 576 g/mol. The molecule has 0 radical (unpaired) electrons. The molecule has 1 aliphatic rings. The third-order valence-electron chi connectivity index (χ3n) is 6.49. The van der Waals surface area contributed by atoms with E-state index in [4.69, 9.17) is 28.4 Å². The molecule has 44 heavy (non-hydrogen) atoms. The predicted octanol–water partition coefficient (Wildman–Crippen LogP) is 3.28. The molecule has 1 fully saturated rings. The Balaban J connectivity index is 1.87. The van der Waals surface area contributed by atoms with Gasteiger partial charge in [-0.2, -0.15) is 0 Å². The van der Waals surface area contributed by atoms with Crippen LogP contribution in [0, 0.1) is 17.8 Å². The highest BCUT2D eigenvalue weighted by Gasteiger charge is 2.42. The highest BCUT2D eigenvalue weighted by atomic mass is 16.7. The molecule has 2 aromatic rings. The van der Waals surface area contributed by atoms with Crippen LogP contribution in [0.3, 0.4) is 0 Å². The average Bonchev–Trinajstić information content (AvgIpc) is 3.02. The Hall–Kier alpha value is -4.68. The Kier molecular flexibility index (Phi) is 12.1. The van der Waals surface area contributed by atoms with E-state index in [1.165, 1.54) is 26.3 Å². The maximum Gasteiger partial charge on any atom is 0.514 e. The molecule has 0 saturated carbocycles. The van der Waals surface area contributed by atoms with Crippen molar-refractivity contribution in [2.24, 2.45) is 17.8 Å². The minimum atomic E-state index is -1.49. The SMILES string of the molecule is COc1ccnc(C(=O)N[C@@H]2COC(=O)C(Cc3ccccc3)C(OC(=O)C(C)C)[C@H](C)OC2=O)c1OC(=O)OCC(C)C. The Labute approximate surface area is 255 Å². The summed E-state index contributed by atoms with van der Waals surface area (Å²) in [5.41, 5.74) is 0.370. The number of aromatic nitrogens is 1. The molecule has 2 heterocycles. The van der Waals surface area contributed by atoms with Crippen LogP contribution in [0.5, 0.6) is 11.5 Å². The largest absolute Gasteiger partial charge is 0.514 e. The molecule has 0 spiro atoms. The number of amides is 1. The van der Waals surface area contributed by atoms with E-state index in [9.17, 15) is 24.0 Å². The highest BCUT2D eigenvalue weighted by molar-refractivity contribution is 5.98. The van der Waals surface area contributed by atoms with Gasteiger partial charge in [0.1, 0.15) is 18.6 Å². The van der Waals surface area contributed by atoms with Crippen LogP contribution in [-0.2, 0) is 39.8 Å². The summed E-state index contributed by atoms with van der Waals surface area (Å²) in [5, 5.41) is 2.43. The molecule has 238 valence electrons. The van der Waals surface area contributed by atoms with E-state index in [1.54, 1.807) is 38.1 Å². The summed E-state index contributed by atoms with van der Waals surface area (Å²) in [7, 11) is 1.30. The van der Waals surface area contributed by atoms with E-state index in [2.05, 4.69) is 10.3 Å². The van der Waals surface area contributed by atoms with Gasteiger partial charge >= 0.3 is 24.1 Å². The lowest BCUT2D eigenvalue weighted by atomic mass is 9.91. The summed E-state index contributed by atoms with van der Waals surface area (Å²) in [5.74, 6) is -5.09. The maximum atomic E-state index is 13.4. The van der Waals surface area contributed by atoms with Crippen LogP contribution in [0.4, 0.5) is 4.79 Å². The fourth-order valence-electron chi connectivity index (χ4n) is 4.18. The molecule has 13 nitrogen and oxygen atoms in total. The van der Waals surface area contributed by atoms with Crippen molar-refractivity contribution in [3.63, 3.8) is 0 Å². The quantitative estimate of drug-likeness (QED) is 0.307. The van der Waals surface area contributed by atoms with Crippen LogP contribution in [0.2, 0.25) is 0 Å². The van der Waals surface area contributed by atoms with Crippen LogP contribution >= 0.6 is 0 Å². The fourth-order valence-corrected chi connectivity index (χ4v) is 4.18. The third-order valence-corrected chi connectivity index (χ3v) is 6.49. The normalized spacial score (nSPS) is 20.4. The summed E-state index contributed by atoms with van der Waals surface area (Å²) >= 11 is 0. The van der Waals surface area contributed by atoms with E-state index in [0.717, 1.165) is 5.56 Å². The smallest absolute Gasteiger partial charge is 0.493 e. The van der Waals surface area contributed by atoms with Gasteiger partial charge in [0.05, 0.1) is 19.6 Å². The van der Waals surface area contributed by atoms with Crippen LogP contribution in [0.15, 0.2) is 42.6 Å². The number of esters is 3. The van der Waals surface area contributed by atoms with Crippen molar-refractivity contribution in [2.75, 3.05) is 20.3 Å². The number of hydrogen-bond donors (Lipinski definition) is 1. The van der Waals surface area contributed by atoms with Gasteiger partial charge in [0.2, 0.25) is 5.75 Å². The molecule has 2 unspecified atom stereocenters. The van der Waals surface area contributed by atoms with Gasteiger partial charge in [-0.05, 0) is 24.8 Å². The number of nitrogens with one attached hydrogen (secondary N) is 1. The number of carbonyl (C=O) groups is 5. The highest BCUT2D eigenvalue weighted by Crippen LogP contribution is 2.30. The number of ether oxygens (including phenoxy) is 6.